The van der Waals surface area contributed by atoms with Crippen LogP contribution in [0.15, 0.2) is 0 Å². The number of ether oxygens (including phenoxy) is 1. The van der Waals surface area contributed by atoms with Gasteiger partial charge in [-0.3, -0.25) is 9.69 Å². The Morgan fingerprint density at radius 2 is 1.80 bits per heavy atom. The molecule has 0 bridgehead atoms. The van der Waals surface area contributed by atoms with Gasteiger partial charge in [0.15, 0.2) is 0 Å². The summed E-state index contributed by atoms with van der Waals surface area (Å²) in [6.45, 7) is 10.4. The second-order valence-electron chi connectivity index (χ2n) is 6.78. The van der Waals surface area contributed by atoms with Gasteiger partial charge >= 0.3 is 5.97 Å². The summed E-state index contributed by atoms with van der Waals surface area (Å²) in [5, 5.41) is 0. The number of rotatable bonds is 6. The Balaban J connectivity index is 1.85. The van der Waals surface area contributed by atoms with Gasteiger partial charge in [0.1, 0.15) is 5.54 Å². The number of carbonyl (C=O) groups excluding carboxylic acids is 1. The summed E-state index contributed by atoms with van der Waals surface area (Å²) in [7, 11) is 1.44. The summed E-state index contributed by atoms with van der Waals surface area (Å²) in [6.07, 6.45) is 2.11. The van der Waals surface area contributed by atoms with Crippen LogP contribution in [0.25, 0.3) is 0 Å². The number of hydrogen-bond acceptors (Lipinski definition) is 5. The highest BCUT2D eigenvalue weighted by Crippen LogP contribution is 2.39. The predicted molar refractivity (Wildman–Crippen MR) is 79.4 cm³/mol. The molecule has 1 aliphatic carbocycles. The molecule has 1 saturated carbocycles. The van der Waals surface area contributed by atoms with Crippen LogP contribution < -0.4 is 5.73 Å². The van der Waals surface area contributed by atoms with Gasteiger partial charge < -0.3 is 15.4 Å². The number of methoxy groups -OCH3 is 1. The number of esters is 1. The Labute approximate surface area is 122 Å². The van der Waals surface area contributed by atoms with E-state index in [1.54, 1.807) is 0 Å². The minimum atomic E-state index is -0.797. The second-order valence-corrected chi connectivity index (χ2v) is 6.78. The summed E-state index contributed by atoms with van der Waals surface area (Å²) in [6, 6.07) is 0. The van der Waals surface area contributed by atoms with Crippen molar-refractivity contribution in [2.45, 2.75) is 32.2 Å². The lowest BCUT2D eigenvalue weighted by Gasteiger charge is -2.39. The molecule has 0 radical (unpaired) electrons. The van der Waals surface area contributed by atoms with Crippen molar-refractivity contribution in [2.24, 2.45) is 17.6 Å². The van der Waals surface area contributed by atoms with Crippen molar-refractivity contribution in [3.63, 3.8) is 0 Å². The van der Waals surface area contributed by atoms with E-state index in [-0.39, 0.29) is 5.97 Å². The lowest BCUT2D eigenvalue weighted by molar-refractivity contribution is -0.149. The molecule has 116 valence electrons. The fourth-order valence-corrected chi connectivity index (χ4v) is 3.17. The largest absolute Gasteiger partial charge is 0.468 e. The van der Waals surface area contributed by atoms with Crippen LogP contribution in [0, 0.1) is 11.8 Å². The quantitative estimate of drug-likeness (QED) is 0.721. The molecular weight excluding hydrogens is 254 g/mol. The smallest absolute Gasteiger partial charge is 0.327 e. The molecule has 1 heterocycles. The highest BCUT2D eigenvalue weighted by Gasteiger charge is 2.50. The number of nitrogens with two attached hydrogens (primary N) is 1. The molecular formula is C15H29N3O2. The van der Waals surface area contributed by atoms with Crippen LogP contribution in [0.5, 0.6) is 0 Å². The Bertz CT molecular complexity index is 336. The van der Waals surface area contributed by atoms with Gasteiger partial charge in [0.25, 0.3) is 0 Å². The summed E-state index contributed by atoms with van der Waals surface area (Å²) in [5.41, 5.74) is 5.58. The van der Waals surface area contributed by atoms with Gasteiger partial charge in [-0.1, -0.05) is 13.8 Å². The fraction of sp³-hybridized carbons (Fsp3) is 0.933. The average Bonchev–Trinajstić information content (AvgIpc) is 3.24. The van der Waals surface area contributed by atoms with Gasteiger partial charge in [-0.2, -0.15) is 0 Å². The van der Waals surface area contributed by atoms with Crippen molar-refractivity contribution in [1.29, 1.82) is 0 Å². The van der Waals surface area contributed by atoms with E-state index in [0.717, 1.165) is 45.6 Å². The highest BCUT2D eigenvalue weighted by atomic mass is 16.5. The minimum absolute atomic E-state index is 0.246. The molecule has 2 N–H and O–H groups in total. The lowest BCUT2D eigenvalue weighted by atomic mass is 9.93. The topological polar surface area (TPSA) is 58.8 Å². The van der Waals surface area contributed by atoms with Gasteiger partial charge in [-0.15, -0.1) is 0 Å². The predicted octanol–water partition coefficient (Wildman–Crippen LogP) is 0.541. The van der Waals surface area contributed by atoms with Crippen LogP contribution >= 0.6 is 0 Å². The van der Waals surface area contributed by atoms with E-state index in [2.05, 4.69) is 23.6 Å². The highest BCUT2D eigenvalue weighted by molar-refractivity contribution is 5.81. The van der Waals surface area contributed by atoms with Gasteiger partial charge in [-0.05, 0) is 24.7 Å². The Morgan fingerprint density at radius 3 is 2.25 bits per heavy atom. The summed E-state index contributed by atoms with van der Waals surface area (Å²) in [5.74, 6) is 0.768. The van der Waals surface area contributed by atoms with Crippen molar-refractivity contribution in [3.8, 4) is 0 Å². The molecule has 20 heavy (non-hydrogen) atoms. The van der Waals surface area contributed by atoms with Crippen LogP contribution in [0.2, 0.25) is 0 Å². The molecule has 1 aliphatic heterocycles. The van der Waals surface area contributed by atoms with Crippen molar-refractivity contribution >= 4 is 5.97 Å². The molecule has 0 spiro atoms. The maximum Gasteiger partial charge on any atom is 0.327 e. The van der Waals surface area contributed by atoms with Crippen molar-refractivity contribution in [3.05, 3.63) is 0 Å². The molecule has 5 heteroatoms. The Hall–Kier alpha value is -0.650. The van der Waals surface area contributed by atoms with Crippen molar-refractivity contribution < 1.29 is 9.53 Å². The van der Waals surface area contributed by atoms with E-state index in [1.165, 1.54) is 7.11 Å². The standard InChI is InChI=1S/C15H29N3O2/c1-12(2)10-17-6-8-18(9-7-17)11-15(16,13-4-5-13)14(19)20-3/h12-13H,4-11,16H2,1-3H3. The van der Waals surface area contributed by atoms with Crippen molar-refractivity contribution in [2.75, 3.05) is 46.4 Å². The molecule has 1 saturated heterocycles. The summed E-state index contributed by atoms with van der Waals surface area (Å²) in [4.78, 5) is 16.8. The van der Waals surface area contributed by atoms with Crippen LogP contribution in [0.1, 0.15) is 26.7 Å². The summed E-state index contributed by atoms with van der Waals surface area (Å²) >= 11 is 0. The zero-order valence-corrected chi connectivity index (χ0v) is 13.1. The van der Waals surface area contributed by atoms with Gasteiger partial charge in [-0.25, -0.2) is 0 Å². The van der Waals surface area contributed by atoms with Crippen LogP contribution in [0.3, 0.4) is 0 Å². The number of carbonyl (C=O) groups is 1. The van der Waals surface area contributed by atoms with E-state index < -0.39 is 5.54 Å². The molecule has 1 unspecified atom stereocenters. The third kappa shape index (κ3) is 3.71. The Morgan fingerprint density at radius 1 is 1.25 bits per heavy atom. The van der Waals surface area contributed by atoms with Crippen LogP contribution in [-0.2, 0) is 9.53 Å². The number of nitrogens with zero attached hydrogens (tertiary/aromatic N) is 2. The molecule has 0 amide bonds. The monoisotopic (exact) mass is 283 g/mol. The average molecular weight is 283 g/mol. The molecule has 2 aliphatic rings. The first-order chi connectivity index (χ1) is 9.45. The van der Waals surface area contributed by atoms with E-state index in [0.29, 0.717) is 18.4 Å². The van der Waals surface area contributed by atoms with E-state index >= 15 is 0 Å². The molecule has 5 nitrogen and oxygen atoms in total. The third-order valence-electron chi connectivity index (χ3n) is 4.44. The maximum atomic E-state index is 12.0. The number of piperazine rings is 1. The normalized spacial score (nSPS) is 24.6. The molecule has 1 atom stereocenters. The van der Waals surface area contributed by atoms with Crippen LogP contribution in [0.4, 0.5) is 0 Å². The van der Waals surface area contributed by atoms with E-state index in [4.69, 9.17) is 10.5 Å². The second kappa shape index (κ2) is 6.41. The first-order valence-electron chi connectivity index (χ1n) is 7.77. The van der Waals surface area contributed by atoms with E-state index in [9.17, 15) is 4.79 Å². The molecule has 2 fully saturated rings. The molecule has 0 aromatic heterocycles. The SMILES string of the molecule is COC(=O)C(N)(CN1CCN(CC(C)C)CC1)C1CC1. The molecule has 2 rings (SSSR count). The van der Waals surface area contributed by atoms with Crippen LogP contribution in [-0.4, -0.2) is 67.7 Å². The minimum Gasteiger partial charge on any atom is -0.468 e. The summed E-state index contributed by atoms with van der Waals surface area (Å²) < 4.78 is 4.93. The lowest BCUT2D eigenvalue weighted by Crippen LogP contribution is -2.61. The zero-order valence-electron chi connectivity index (χ0n) is 13.1. The van der Waals surface area contributed by atoms with Gasteiger partial charge in [0.05, 0.1) is 7.11 Å². The maximum absolute atomic E-state index is 12.0. The first-order valence-corrected chi connectivity index (χ1v) is 7.77. The number of hydrogen-bond donors (Lipinski definition) is 1. The molecule has 0 aromatic rings. The third-order valence-corrected chi connectivity index (χ3v) is 4.44. The van der Waals surface area contributed by atoms with E-state index in [1.807, 2.05) is 0 Å². The first kappa shape index (κ1) is 15.7. The van der Waals surface area contributed by atoms with Gasteiger partial charge in [0, 0.05) is 39.3 Å². The molecule has 0 aromatic carbocycles. The Kier molecular flexibility index (Phi) is 5.04. The fourth-order valence-electron chi connectivity index (χ4n) is 3.17. The zero-order chi connectivity index (χ0) is 14.8. The van der Waals surface area contributed by atoms with Gasteiger partial charge in [0.2, 0.25) is 0 Å². The van der Waals surface area contributed by atoms with Crippen molar-refractivity contribution in [1.82, 2.24) is 9.80 Å².